The van der Waals surface area contributed by atoms with Crippen LogP contribution in [0.4, 0.5) is 34.1 Å². The molecule has 13 aromatic carbocycles. The zero-order valence-corrected chi connectivity index (χ0v) is 46.6. The van der Waals surface area contributed by atoms with Crippen LogP contribution in [0.5, 0.6) is 23.0 Å². The maximum absolute atomic E-state index is 6.72. The van der Waals surface area contributed by atoms with Crippen molar-refractivity contribution in [3.63, 3.8) is 0 Å². The fraction of sp³-hybridized carbons (Fsp3) is 0.0513. The smallest absolute Gasteiger partial charge is 0.245 e. The minimum Gasteiger partial charge on any atom is -0.457 e. The molecule has 0 radical (unpaired) electrons. The van der Waals surface area contributed by atoms with Crippen molar-refractivity contribution < 1.29 is 18.9 Å². The largest absolute Gasteiger partial charge is 0.457 e. The summed E-state index contributed by atoms with van der Waals surface area (Å²) >= 11 is 0. The van der Waals surface area contributed by atoms with Crippen molar-refractivity contribution in [2.45, 2.75) is 19.6 Å². The van der Waals surface area contributed by atoms with Crippen molar-refractivity contribution in [3.8, 4) is 78.6 Å². The lowest BCUT2D eigenvalue weighted by atomic mass is 9.96. The van der Waals surface area contributed by atoms with Gasteiger partial charge in [0, 0.05) is 75.7 Å². The number of nitrogens with zero attached hydrogens (tertiary/aromatic N) is 2. The molecule has 0 amide bonds. The highest BCUT2D eigenvalue weighted by Gasteiger charge is 2.31. The van der Waals surface area contributed by atoms with E-state index in [1.807, 2.05) is 50.2 Å². The van der Waals surface area contributed by atoms with Crippen LogP contribution in [0.1, 0.15) is 13.8 Å². The van der Waals surface area contributed by atoms with E-state index in [0.29, 0.717) is 0 Å². The Balaban J connectivity index is 0.000000193. The number of hydrogen-bond acceptors (Lipinski definition) is 6. The van der Waals surface area contributed by atoms with Gasteiger partial charge in [0.2, 0.25) is 12.6 Å². The zero-order valence-electron chi connectivity index (χ0n) is 46.6. The minimum absolute atomic E-state index is 0.205. The highest BCUT2D eigenvalue weighted by atomic mass is 16.7. The van der Waals surface area contributed by atoms with Gasteiger partial charge in [0.05, 0.1) is 11.4 Å². The van der Waals surface area contributed by atoms with Gasteiger partial charge >= 0.3 is 0 Å². The van der Waals surface area contributed by atoms with Crippen LogP contribution in [0.3, 0.4) is 0 Å². The van der Waals surface area contributed by atoms with E-state index in [1.54, 1.807) is 0 Å². The van der Waals surface area contributed by atoms with Gasteiger partial charge in [0.25, 0.3) is 0 Å². The second-order valence-electron chi connectivity index (χ2n) is 21.4. The van der Waals surface area contributed by atoms with Crippen LogP contribution in [0.2, 0.25) is 0 Å². The van der Waals surface area contributed by atoms with Crippen LogP contribution in [-0.4, -0.2) is 12.6 Å². The van der Waals surface area contributed by atoms with Crippen molar-refractivity contribution in [2.24, 2.45) is 0 Å². The van der Waals surface area contributed by atoms with E-state index in [2.05, 4.69) is 277 Å². The Labute approximate surface area is 490 Å². The van der Waals surface area contributed by atoms with Crippen molar-refractivity contribution >= 4 is 55.7 Å². The third-order valence-electron chi connectivity index (χ3n) is 15.6. The molecule has 0 aromatic heterocycles. The van der Waals surface area contributed by atoms with E-state index in [1.165, 1.54) is 32.7 Å². The Hall–Kier alpha value is -10.8. The molecular formula is C78H58N2O4. The lowest BCUT2D eigenvalue weighted by Crippen LogP contribution is -2.34. The molecule has 84 heavy (non-hydrogen) atoms. The van der Waals surface area contributed by atoms with E-state index >= 15 is 0 Å². The molecule has 15 rings (SSSR count). The molecule has 0 aliphatic carbocycles. The van der Waals surface area contributed by atoms with Crippen molar-refractivity contribution in [3.05, 3.63) is 303 Å². The Bertz CT molecular complexity index is 4390. The number of benzene rings is 13. The normalized spacial score (nSPS) is 12.6. The van der Waals surface area contributed by atoms with Gasteiger partial charge in [-0.15, -0.1) is 0 Å². The van der Waals surface area contributed by atoms with Crippen LogP contribution in [0.15, 0.2) is 303 Å². The van der Waals surface area contributed by atoms with E-state index in [0.717, 1.165) is 102 Å². The molecule has 2 aliphatic rings. The van der Waals surface area contributed by atoms with E-state index in [4.69, 9.17) is 18.9 Å². The van der Waals surface area contributed by atoms with Crippen molar-refractivity contribution in [1.29, 1.82) is 0 Å². The number of para-hydroxylation sites is 2. The summed E-state index contributed by atoms with van der Waals surface area (Å²) in [5.74, 6) is 2.32. The van der Waals surface area contributed by atoms with E-state index in [-0.39, 0.29) is 6.79 Å². The molecule has 0 saturated carbocycles. The second-order valence-corrected chi connectivity index (χ2v) is 21.4. The molecule has 0 bridgehead atoms. The topological polar surface area (TPSA) is 43.4 Å². The highest BCUT2D eigenvalue weighted by Crippen LogP contribution is 2.49. The third kappa shape index (κ3) is 10.2. The van der Waals surface area contributed by atoms with Gasteiger partial charge in [0.1, 0.15) is 23.0 Å². The quantitative estimate of drug-likeness (QED) is 0.144. The van der Waals surface area contributed by atoms with Gasteiger partial charge in [-0.1, -0.05) is 200 Å². The van der Waals surface area contributed by atoms with Gasteiger partial charge in [0.15, 0.2) is 0 Å². The standard InChI is InChI=1S/C53H40N2O2.C25H18O2/c1-53(2)56-51-35-40(37-27-30-43(31-28-37)54(41-19-5-3-6-20-41)49-25-13-17-38-15-9-11-23-45(38)49)29-33-47(51)48-34-32-44(36-52(48)57-53)55(42-21-7-4-8-22-42)50-26-14-18-39-16-10-12-24-46(39)50;1-3-7-18(8-4-1)20-11-13-22-23-14-12-21(19-9-5-2-6-10-19)16-25(23)27-17-26-24(22)15-20/h3-36H,1-2H3;1-16H,17H2. The van der Waals surface area contributed by atoms with Gasteiger partial charge in [-0.2, -0.15) is 0 Å². The molecule has 0 saturated heterocycles. The molecular weight excluding hydrogens is 1030 g/mol. The highest BCUT2D eigenvalue weighted by molar-refractivity contribution is 6.01. The average molecular weight is 1090 g/mol. The summed E-state index contributed by atoms with van der Waals surface area (Å²) in [5, 5.41) is 4.78. The van der Waals surface area contributed by atoms with Crippen LogP contribution in [0.25, 0.3) is 77.2 Å². The summed E-state index contributed by atoms with van der Waals surface area (Å²) in [4.78, 5) is 4.63. The fourth-order valence-corrected chi connectivity index (χ4v) is 11.6. The second kappa shape index (κ2) is 22.3. The maximum atomic E-state index is 6.72. The summed E-state index contributed by atoms with van der Waals surface area (Å²) < 4.78 is 25.2. The number of fused-ring (bicyclic) bond motifs is 8. The van der Waals surface area contributed by atoms with Crippen molar-refractivity contribution in [1.82, 2.24) is 0 Å². The Morgan fingerprint density at radius 1 is 0.274 bits per heavy atom. The van der Waals surface area contributed by atoms with E-state index in [9.17, 15) is 0 Å². The number of rotatable bonds is 9. The molecule has 6 heteroatoms. The van der Waals surface area contributed by atoms with Gasteiger partial charge < -0.3 is 28.7 Å². The van der Waals surface area contributed by atoms with Gasteiger partial charge in [-0.3, -0.25) is 0 Å². The Morgan fingerprint density at radius 2 is 0.607 bits per heavy atom. The number of hydrogen-bond donors (Lipinski definition) is 0. The average Bonchev–Trinajstić information content (AvgIpc) is 4.00. The molecule has 13 aromatic rings. The minimum atomic E-state index is -0.924. The monoisotopic (exact) mass is 1090 g/mol. The first kappa shape index (κ1) is 51.3. The molecule has 0 atom stereocenters. The molecule has 404 valence electrons. The molecule has 0 N–H and O–H groups in total. The van der Waals surface area contributed by atoms with Crippen LogP contribution in [0, 0.1) is 0 Å². The number of anilines is 6. The SMILES string of the molecule is CC1(C)Oc2cc(-c3ccc(N(c4ccccc4)c4cccc5ccccc45)cc3)ccc2-c2ccc(N(c3ccccc3)c3cccc4ccccc34)cc2O1.c1ccc(-c2ccc3c(c2)OCOc2cc(-c4ccccc4)ccc2-3)cc1. The molecule has 2 heterocycles. The zero-order chi connectivity index (χ0) is 56.4. The molecule has 6 nitrogen and oxygen atoms in total. The molecule has 0 fully saturated rings. The van der Waals surface area contributed by atoms with E-state index < -0.39 is 5.79 Å². The van der Waals surface area contributed by atoms with Crippen LogP contribution in [-0.2, 0) is 0 Å². The Kier molecular flexibility index (Phi) is 13.6. The Morgan fingerprint density at radius 3 is 1.10 bits per heavy atom. The first-order chi connectivity index (χ1) is 41.4. The summed E-state index contributed by atoms with van der Waals surface area (Å²) in [5.41, 5.74) is 17.4. The maximum Gasteiger partial charge on any atom is 0.245 e. The lowest BCUT2D eigenvalue weighted by molar-refractivity contribution is -0.0778. The molecule has 0 unspecified atom stereocenters. The van der Waals surface area contributed by atoms with Crippen LogP contribution >= 0.6 is 0 Å². The number of ether oxygens (including phenoxy) is 4. The molecule has 2 aliphatic heterocycles. The predicted octanol–water partition coefficient (Wildman–Crippen LogP) is 21.2. The first-order valence-corrected chi connectivity index (χ1v) is 28.5. The van der Waals surface area contributed by atoms with Gasteiger partial charge in [-0.05, 0) is 141 Å². The first-order valence-electron chi connectivity index (χ1n) is 28.5. The fourth-order valence-electron chi connectivity index (χ4n) is 11.6. The summed E-state index contributed by atoms with van der Waals surface area (Å²) in [6, 6.07) is 106. The third-order valence-corrected chi connectivity index (χ3v) is 15.6. The summed E-state index contributed by atoms with van der Waals surface area (Å²) in [6.45, 7) is 4.16. The van der Waals surface area contributed by atoms with Crippen LogP contribution < -0.4 is 28.7 Å². The summed E-state index contributed by atoms with van der Waals surface area (Å²) in [6.07, 6.45) is 0. The summed E-state index contributed by atoms with van der Waals surface area (Å²) in [7, 11) is 0. The van der Waals surface area contributed by atoms with Gasteiger partial charge in [-0.25, -0.2) is 0 Å². The van der Waals surface area contributed by atoms with Crippen molar-refractivity contribution in [2.75, 3.05) is 16.6 Å². The molecule has 0 spiro atoms. The lowest BCUT2D eigenvalue weighted by Gasteiger charge is -2.29. The predicted molar refractivity (Wildman–Crippen MR) is 346 cm³/mol.